The molecule has 1 rings (SSSR count). The summed E-state index contributed by atoms with van der Waals surface area (Å²) in [6, 6.07) is 5.99. The normalized spacial score (nSPS) is 11.5. The lowest BCUT2D eigenvalue weighted by Crippen LogP contribution is -2.12. The standard InChI is InChI=1S/C13H20N2S/c1-9-7-10(12(14)15)5-6-11(9)8-16-13(2,3)4/h5-7H,8H2,1-4H3,(H3,14,15). The molecule has 0 saturated heterocycles. The van der Waals surface area contributed by atoms with Crippen LogP contribution in [-0.2, 0) is 5.75 Å². The first-order valence-electron chi connectivity index (χ1n) is 5.37. The van der Waals surface area contributed by atoms with Gasteiger partial charge in [-0.25, -0.2) is 0 Å². The van der Waals surface area contributed by atoms with Crippen molar-refractivity contribution in [2.75, 3.05) is 0 Å². The largest absolute Gasteiger partial charge is 0.384 e. The van der Waals surface area contributed by atoms with E-state index in [4.69, 9.17) is 11.1 Å². The quantitative estimate of drug-likeness (QED) is 0.625. The van der Waals surface area contributed by atoms with Crippen LogP contribution in [0.5, 0.6) is 0 Å². The maximum absolute atomic E-state index is 7.38. The molecule has 3 N–H and O–H groups in total. The molecule has 0 atom stereocenters. The highest BCUT2D eigenvalue weighted by Gasteiger charge is 2.11. The summed E-state index contributed by atoms with van der Waals surface area (Å²) in [4.78, 5) is 0. The molecule has 3 heteroatoms. The molecular weight excluding hydrogens is 216 g/mol. The first kappa shape index (κ1) is 13.1. The van der Waals surface area contributed by atoms with E-state index < -0.39 is 0 Å². The first-order chi connectivity index (χ1) is 7.29. The highest BCUT2D eigenvalue weighted by molar-refractivity contribution is 7.99. The Morgan fingerprint density at radius 1 is 1.38 bits per heavy atom. The third kappa shape index (κ3) is 3.89. The summed E-state index contributed by atoms with van der Waals surface area (Å²) in [6.07, 6.45) is 0. The second kappa shape index (κ2) is 4.91. The number of thioether (sulfide) groups is 1. The molecule has 0 aliphatic carbocycles. The summed E-state index contributed by atoms with van der Waals surface area (Å²) in [5.74, 6) is 1.14. The van der Waals surface area contributed by atoms with Gasteiger partial charge in [0.15, 0.2) is 0 Å². The molecular formula is C13H20N2S. The van der Waals surface area contributed by atoms with Crippen molar-refractivity contribution in [1.82, 2.24) is 0 Å². The van der Waals surface area contributed by atoms with Crippen LogP contribution in [0, 0.1) is 12.3 Å². The van der Waals surface area contributed by atoms with Crippen LogP contribution in [0.15, 0.2) is 18.2 Å². The van der Waals surface area contributed by atoms with Crippen LogP contribution in [0.25, 0.3) is 0 Å². The van der Waals surface area contributed by atoms with Crippen molar-refractivity contribution in [3.05, 3.63) is 34.9 Å². The average Bonchev–Trinajstić information content (AvgIpc) is 2.14. The molecule has 0 unspecified atom stereocenters. The molecule has 0 fully saturated rings. The smallest absolute Gasteiger partial charge is 0.122 e. The van der Waals surface area contributed by atoms with Crippen molar-refractivity contribution >= 4 is 17.6 Å². The molecule has 2 nitrogen and oxygen atoms in total. The lowest BCUT2D eigenvalue weighted by molar-refractivity contribution is 0.802. The fourth-order valence-corrected chi connectivity index (χ4v) is 2.23. The SMILES string of the molecule is Cc1cc(C(=N)N)ccc1CSC(C)(C)C. The Labute approximate surface area is 102 Å². The Balaban J connectivity index is 2.80. The van der Waals surface area contributed by atoms with Crippen LogP contribution in [0.4, 0.5) is 0 Å². The number of amidine groups is 1. The molecule has 88 valence electrons. The number of hydrogen-bond donors (Lipinski definition) is 2. The van der Waals surface area contributed by atoms with Gasteiger partial charge in [0.1, 0.15) is 5.84 Å². The molecule has 16 heavy (non-hydrogen) atoms. The van der Waals surface area contributed by atoms with E-state index in [1.807, 2.05) is 23.9 Å². The van der Waals surface area contributed by atoms with Crippen LogP contribution in [-0.4, -0.2) is 10.6 Å². The number of rotatable bonds is 3. The van der Waals surface area contributed by atoms with Crippen LogP contribution < -0.4 is 5.73 Å². The molecule has 0 aliphatic rings. The summed E-state index contributed by atoms with van der Waals surface area (Å²) >= 11 is 1.93. The molecule has 0 bridgehead atoms. The Morgan fingerprint density at radius 2 is 2.00 bits per heavy atom. The van der Waals surface area contributed by atoms with Crippen molar-refractivity contribution in [1.29, 1.82) is 5.41 Å². The fourth-order valence-electron chi connectivity index (χ4n) is 1.32. The highest BCUT2D eigenvalue weighted by Crippen LogP contribution is 2.28. The van der Waals surface area contributed by atoms with Gasteiger partial charge in [-0.3, -0.25) is 5.41 Å². The van der Waals surface area contributed by atoms with Crippen molar-refractivity contribution in [3.8, 4) is 0 Å². The highest BCUT2D eigenvalue weighted by atomic mass is 32.2. The molecule has 0 radical (unpaired) electrons. The van der Waals surface area contributed by atoms with Gasteiger partial charge in [0, 0.05) is 16.1 Å². The second-order valence-electron chi connectivity index (χ2n) is 4.96. The van der Waals surface area contributed by atoms with E-state index in [0.29, 0.717) is 0 Å². The van der Waals surface area contributed by atoms with E-state index in [1.54, 1.807) is 0 Å². The molecule has 0 heterocycles. The summed E-state index contributed by atoms with van der Waals surface area (Å²) in [5.41, 5.74) is 8.80. The van der Waals surface area contributed by atoms with Gasteiger partial charge in [0.25, 0.3) is 0 Å². The maximum atomic E-state index is 7.38. The zero-order chi connectivity index (χ0) is 12.3. The van der Waals surface area contributed by atoms with Crippen LogP contribution >= 0.6 is 11.8 Å². The van der Waals surface area contributed by atoms with E-state index in [2.05, 4.69) is 33.8 Å². The van der Waals surface area contributed by atoms with E-state index in [9.17, 15) is 0 Å². The Kier molecular flexibility index (Phi) is 4.03. The van der Waals surface area contributed by atoms with Gasteiger partial charge < -0.3 is 5.73 Å². The molecule has 0 saturated carbocycles. The van der Waals surface area contributed by atoms with Gasteiger partial charge in [0.05, 0.1) is 0 Å². The zero-order valence-electron chi connectivity index (χ0n) is 10.4. The monoisotopic (exact) mass is 236 g/mol. The van der Waals surface area contributed by atoms with E-state index in [0.717, 1.165) is 11.3 Å². The Hall–Kier alpha value is -0.960. The fraction of sp³-hybridized carbons (Fsp3) is 0.462. The number of aryl methyl sites for hydroxylation is 1. The first-order valence-corrected chi connectivity index (χ1v) is 6.36. The van der Waals surface area contributed by atoms with Gasteiger partial charge in [-0.2, -0.15) is 11.8 Å². The van der Waals surface area contributed by atoms with Crippen LogP contribution in [0.1, 0.15) is 37.5 Å². The van der Waals surface area contributed by atoms with Crippen molar-refractivity contribution in [2.24, 2.45) is 5.73 Å². The Morgan fingerprint density at radius 3 is 2.44 bits per heavy atom. The molecule has 1 aromatic carbocycles. The predicted molar refractivity (Wildman–Crippen MR) is 73.2 cm³/mol. The Bertz CT molecular complexity index is 391. The number of nitrogen functional groups attached to an aromatic ring is 1. The zero-order valence-corrected chi connectivity index (χ0v) is 11.2. The summed E-state index contributed by atoms with van der Waals surface area (Å²) < 4.78 is 0.283. The third-order valence-electron chi connectivity index (χ3n) is 2.31. The van der Waals surface area contributed by atoms with E-state index in [-0.39, 0.29) is 10.6 Å². The molecule has 1 aromatic rings. The van der Waals surface area contributed by atoms with Crippen molar-refractivity contribution < 1.29 is 0 Å². The second-order valence-corrected chi connectivity index (χ2v) is 6.76. The lowest BCUT2D eigenvalue weighted by atomic mass is 10.1. The molecule has 0 amide bonds. The summed E-state index contributed by atoms with van der Waals surface area (Å²) in [6.45, 7) is 8.73. The average molecular weight is 236 g/mol. The molecule has 0 aromatic heterocycles. The topological polar surface area (TPSA) is 49.9 Å². The minimum Gasteiger partial charge on any atom is -0.384 e. The minimum absolute atomic E-state index is 0.137. The van der Waals surface area contributed by atoms with Gasteiger partial charge in [-0.1, -0.05) is 32.9 Å². The third-order valence-corrected chi connectivity index (χ3v) is 3.64. The lowest BCUT2D eigenvalue weighted by Gasteiger charge is -2.18. The number of hydrogen-bond acceptors (Lipinski definition) is 2. The number of benzene rings is 1. The summed E-state index contributed by atoms with van der Waals surface area (Å²) in [5, 5.41) is 7.38. The molecule has 0 spiro atoms. The predicted octanol–water partition coefficient (Wildman–Crippen LogP) is 3.31. The number of nitrogens with two attached hydrogens (primary N) is 1. The number of nitrogens with one attached hydrogen (secondary N) is 1. The van der Waals surface area contributed by atoms with Gasteiger partial charge >= 0.3 is 0 Å². The van der Waals surface area contributed by atoms with Crippen LogP contribution in [0.3, 0.4) is 0 Å². The maximum Gasteiger partial charge on any atom is 0.122 e. The van der Waals surface area contributed by atoms with Gasteiger partial charge in [-0.05, 0) is 24.1 Å². The van der Waals surface area contributed by atoms with E-state index in [1.165, 1.54) is 11.1 Å². The molecule has 0 aliphatic heterocycles. The summed E-state index contributed by atoms with van der Waals surface area (Å²) in [7, 11) is 0. The van der Waals surface area contributed by atoms with E-state index >= 15 is 0 Å². The van der Waals surface area contributed by atoms with Crippen molar-refractivity contribution in [3.63, 3.8) is 0 Å². The van der Waals surface area contributed by atoms with Gasteiger partial charge in [0.2, 0.25) is 0 Å². The van der Waals surface area contributed by atoms with Crippen molar-refractivity contribution in [2.45, 2.75) is 38.2 Å². The van der Waals surface area contributed by atoms with Crippen LogP contribution in [0.2, 0.25) is 0 Å². The van der Waals surface area contributed by atoms with Gasteiger partial charge in [-0.15, -0.1) is 0 Å². The minimum atomic E-state index is 0.137.